The number of unbranched alkanes of at least 4 members (excludes halogenated alkanes) is 2. The van der Waals surface area contributed by atoms with Crippen molar-refractivity contribution < 1.29 is 14.5 Å². The Labute approximate surface area is 129 Å². The number of benzene rings is 1. The Morgan fingerprint density at radius 3 is 2.14 bits per heavy atom. The van der Waals surface area contributed by atoms with E-state index in [1.54, 1.807) is 0 Å². The molecule has 4 heteroatoms. The third-order valence-electron chi connectivity index (χ3n) is 2.09. The fourth-order valence-electron chi connectivity index (χ4n) is 1.24. The predicted octanol–water partition coefficient (Wildman–Crippen LogP) is 4.32. The van der Waals surface area contributed by atoms with Gasteiger partial charge in [-0.3, -0.25) is 0 Å². The molecule has 2 N–H and O–H groups in total. The van der Waals surface area contributed by atoms with E-state index in [-0.39, 0.29) is 0 Å². The smallest absolute Gasteiger partial charge is 0.119 e. The van der Waals surface area contributed by atoms with Gasteiger partial charge in [-0.2, -0.15) is 0 Å². The van der Waals surface area contributed by atoms with Crippen molar-refractivity contribution in [1.29, 1.82) is 0 Å². The molecule has 0 saturated carbocycles. The van der Waals surface area contributed by atoms with Gasteiger partial charge in [-0.1, -0.05) is 58.4 Å². The fourth-order valence-corrected chi connectivity index (χ4v) is 1.24. The standard InChI is InChI=1S/C13H20O3.C2H5N.C2H6/c1-2-3-7-10-15-16-12-11-14-13-8-5-4-6-9-13;1-2-3;1-2/h4-6,8-9H,2-3,7,10-12H2,1H3;2H,1,3H2;1-2H3. The van der Waals surface area contributed by atoms with Crippen molar-refractivity contribution in [3.63, 3.8) is 0 Å². The number of para-hydroxylation sites is 1. The maximum absolute atomic E-state index is 5.43. The average molecular weight is 297 g/mol. The van der Waals surface area contributed by atoms with Gasteiger partial charge in [0, 0.05) is 0 Å². The first-order chi connectivity index (χ1) is 10.3. The van der Waals surface area contributed by atoms with Gasteiger partial charge in [0.05, 0.1) is 6.61 Å². The summed E-state index contributed by atoms with van der Waals surface area (Å²) in [5.74, 6) is 0.858. The molecule has 0 aliphatic carbocycles. The summed E-state index contributed by atoms with van der Waals surface area (Å²) >= 11 is 0. The van der Waals surface area contributed by atoms with Gasteiger partial charge in [-0.25, -0.2) is 9.78 Å². The fraction of sp³-hybridized carbons (Fsp3) is 0.529. The Balaban J connectivity index is 0. The molecule has 0 amide bonds. The minimum atomic E-state index is 0.459. The van der Waals surface area contributed by atoms with Crippen LogP contribution >= 0.6 is 0 Å². The molecule has 1 rings (SSSR count). The zero-order chi connectivity index (χ0) is 16.2. The maximum atomic E-state index is 5.43. The lowest BCUT2D eigenvalue weighted by Crippen LogP contribution is -2.07. The average Bonchev–Trinajstić information content (AvgIpc) is 2.54. The van der Waals surface area contributed by atoms with Crippen LogP contribution in [0.15, 0.2) is 43.1 Å². The van der Waals surface area contributed by atoms with E-state index in [4.69, 9.17) is 14.5 Å². The van der Waals surface area contributed by atoms with Crippen molar-refractivity contribution >= 4 is 0 Å². The van der Waals surface area contributed by atoms with Crippen LogP contribution < -0.4 is 10.5 Å². The SMILES string of the molecule is C=CN.CC.CCCCCOOCCOc1ccccc1. The van der Waals surface area contributed by atoms with Crippen molar-refractivity contribution in [3.05, 3.63) is 43.1 Å². The van der Waals surface area contributed by atoms with Crippen molar-refractivity contribution in [3.8, 4) is 5.75 Å². The van der Waals surface area contributed by atoms with Crippen LogP contribution in [0.1, 0.15) is 40.0 Å². The molecule has 1 aromatic rings. The second-order valence-corrected chi connectivity index (χ2v) is 3.75. The molecular weight excluding hydrogens is 266 g/mol. The topological polar surface area (TPSA) is 53.7 Å². The van der Waals surface area contributed by atoms with Gasteiger partial charge in [-0.15, -0.1) is 0 Å². The molecule has 0 fully saturated rings. The molecule has 21 heavy (non-hydrogen) atoms. The number of rotatable bonds is 9. The van der Waals surface area contributed by atoms with E-state index in [1.165, 1.54) is 19.0 Å². The Hall–Kier alpha value is -1.52. The molecular formula is C17H31NO3. The highest BCUT2D eigenvalue weighted by Crippen LogP contribution is 2.07. The van der Waals surface area contributed by atoms with Crippen molar-refractivity contribution in [2.75, 3.05) is 19.8 Å². The Kier molecular flexibility index (Phi) is 21.6. The van der Waals surface area contributed by atoms with Gasteiger partial charge >= 0.3 is 0 Å². The summed E-state index contributed by atoms with van der Waals surface area (Å²) in [4.78, 5) is 9.97. The van der Waals surface area contributed by atoms with E-state index in [9.17, 15) is 0 Å². The van der Waals surface area contributed by atoms with Crippen LogP contribution in [0.4, 0.5) is 0 Å². The normalized spacial score (nSPS) is 8.71. The van der Waals surface area contributed by atoms with Crippen LogP contribution in [0.3, 0.4) is 0 Å². The van der Waals surface area contributed by atoms with Crippen molar-refractivity contribution in [2.24, 2.45) is 5.73 Å². The van der Waals surface area contributed by atoms with Crippen LogP contribution in [0.5, 0.6) is 5.75 Å². The third kappa shape index (κ3) is 18.5. The summed E-state index contributed by atoms with van der Waals surface area (Å²) in [5, 5.41) is 0. The highest BCUT2D eigenvalue weighted by Gasteiger charge is 1.93. The lowest BCUT2D eigenvalue weighted by Gasteiger charge is -2.06. The molecule has 4 nitrogen and oxygen atoms in total. The third-order valence-corrected chi connectivity index (χ3v) is 2.09. The molecule has 0 spiro atoms. The van der Waals surface area contributed by atoms with Gasteiger partial charge in [0.2, 0.25) is 0 Å². The van der Waals surface area contributed by atoms with E-state index in [1.807, 2.05) is 44.2 Å². The molecule has 0 heterocycles. The Morgan fingerprint density at radius 1 is 1.00 bits per heavy atom. The van der Waals surface area contributed by atoms with Gasteiger partial charge in [-0.05, 0) is 24.8 Å². The van der Waals surface area contributed by atoms with E-state index in [0.29, 0.717) is 19.8 Å². The largest absolute Gasteiger partial charge is 0.491 e. The molecule has 0 bridgehead atoms. The van der Waals surface area contributed by atoms with E-state index in [0.717, 1.165) is 12.2 Å². The second kappa shape index (κ2) is 20.8. The Morgan fingerprint density at radius 2 is 1.57 bits per heavy atom. The van der Waals surface area contributed by atoms with E-state index >= 15 is 0 Å². The highest BCUT2D eigenvalue weighted by molar-refractivity contribution is 5.20. The number of hydrogen-bond acceptors (Lipinski definition) is 4. The summed E-state index contributed by atoms with van der Waals surface area (Å²) in [6, 6.07) is 9.68. The first kappa shape index (κ1) is 21.8. The molecule has 0 aromatic heterocycles. The maximum Gasteiger partial charge on any atom is 0.119 e. The lowest BCUT2D eigenvalue weighted by atomic mass is 10.3. The van der Waals surface area contributed by atoms with E-state index < -0.39 is 0 Å². The molecule has 0 radical (unpaired) electrons. The first-order valence-electron chi connectivity index (χ1n) is 7.60. The Bertz CT molecular complexity index is 291. The molecule has 0 aliphatic heterocycles. The lowest BCUT2D eigenvalue weighted by molar-refractivity contribution is -0.297. The van der Waals surface area contributed by atoms with Crippen LogP contribution in [0.2, 0.25) is 0 Å². The first-order valence-corrected chi connectivity index (χ1v) is 7.60. The molecule has 0 atom stereocenters. The van der Waals surface area contributed by atoms with Crippen LogP contribution in [-0.4, -0.2) is 19.8 Å². The summed E-state index contributed by atoms with van der Waals surface area (Å²) in [6.07, 6.45) is 4.68. The molecule has 0 aliphatic rings. The van der Waals surface area contributed by atoms with Crippen LogP contribution in [0, 0.1) is 0 Å². The zero-order valence-corrected chi connectivity index (χ0v) is 13.7. The number of nitrogens with two attached hydrogens (primary N) is 1. The van der Waals surface area contributed by atoms with Crippen molar-refractivity contribution in [1.82, 2.24) is 0 Å². The predicted molar refractivity (Wildman–Crippen MR) is 89.1 cm³/mol. The quantitative estimate of drug-likeness (QED) is 0.419. The molecule has 0 unspecified atom stereocenters. The highest BCUT2D eigenvalue weighted by atomic mass is 17.2. The van der Waals surface area contributed by atoms with Gasteiger partial charge in [0.1, 0.15) is 19.0 Å². The van der Waals surface area contributed by atoms with E-state index in [2.05, 4.69) is 19.2 Å². The number of hydrogen-bond donors (Lipinski definition) is 1. The van der Waals surface area contributed by atoms with Gasteiger partial charge in [0.25, 0.3) is 0 Å². The second-order valence-electron chi connectivity index (χ2n) is 3.75. The van der Waals surface area contributed by atoms with Crippen LogP contribution in [-0.2, 0) is 9.78 Å². The number of ether oxygens (including phenoxy) is 1. The van der Waals surface area contributed by atoms with Gasteiger partial charge < -0.3 is 10.5 Å². The van der Waals surface area contributed by atoms with Crippen molar-refractivity contribution in [2.45, 2.75) is 40.0 Å². The summed E-state index contributed by atoms with van der Waals surface area (Å²) < 4.78 is 5.43. The van der Waals surface area contributed by atoms with Gasteiger partial charge in [0.15, 0.2) is 0 Å². The minimum absolute atomic E-state index is 0.459. The summed E-state index contributed by atoms with van der Waals surface area (Å²) in [5.41, 5.74) is 4.61. The minimum Gasteiger partial charge on any atom is -0.491 e. The molecule has 1 aromatic carbocycles. The monoisotopic (exact) mass is 297 g/mol. The molecule has 122 valence electrons. The zero-order valence-electron chi connectivity index (χ0n) is 13.7. The summed E-state index contributed by atoms with van der Waals surface area (Å²) in [7, 11) is 0. The molecule has 0 saturated heterocycles. The summed E-state index contributed by atoms with van der Waals surface area (Å²) in [6.45, 7) is 10.9. The van der Waals surface area contributed by atoms with Crippen LogP contribution in [0.25, 0.3) is 0 Å².